The predicted molar refractivity (Wildman–Crippen MR) is 80.9 cm³/mol. The smallest absolute Gasteiger partial charge is 0.223 e. The van der Waals surface area contributed by atoms with Crippen molar-refractivity contribution in [3.63, 3.8) is 0 Å². The van der Waals surface area contributed by atoms with Gasteiger partial charge < -0.3 is 15.5 Å². The molecule has 108 valence electrons. The lowest BCUT2D eigenvalue weighted by atomic mass is 10.1. The summed E-state index contributed by atoms with van der Waals surface area (Å²) in [5.74, 6) is 1.21. The fourth-order valence-electron chi connectivity index (χ4n) is 3.37. The molecule has 2 aromatic rings. The van der Waals surface area contributed by atoms with Crippen molar-refractivity contribution < 1.29 is 4.79 Å². The van der Waals surface area contributed by atoms with Gasteiger partial charge in [-0.3, -0.25) is 4.79 Å². The fraction of sp³-hybridized carbons (Fsp3) is 0.400. The summed E-state index contributed by atoms with van der Waals surface area (Å²) in [6, 6.07) is 6.02. The molecule has 6 heteroatoms. The minimum absolute atomic E-state index is 0.288. The summed E-state index contributed by atoms with van der Waals surface area (Å²) in [6.07, 6.45) is 3.22. The Hall–Kier alpha value is -2.37. The van der Waals surface area contributed by atoms with Gasteiger partial charge in [0.2, 0.25) is 5.91 Å². The van der Waals surface area contributed by atoms with Gasteiger partial charge in [-0.1, -0.05) is 0 Å². The van der Waals surface area contributed by atoms with Crippen LogP contribution in [0.2, 0.25) is 0 Å². The molecule has 0 bridgehead atoms. The van der Waals surface area contributed by atoms with E-state index in [9.17, 15) is 4.79 Å². The Morgan fingerprint density at radius 3 is 3.05 bits per heavy atom. The van der Waals surface area contributed by atoms with Crippen LogP contribution in [0.5, 0.6) is 0 Å². The molecule has 3 heterocycles. The first-order valence-electron chi connectivity index (χ1n) is 7.27. The van der Waals surface area contributed by atoms with Gasteiger partial charge in [0.15, 0.2) is 0 Å². The zero-order valence-electron chi connectivity index (χ0n) is 11.7. The molecule has 2 aliphatic rings. The van der Waals surface area contributed by atoms with Crippen LogP contribution in [0.15, 0.2) is 24.5 Å². The van der Waals surface area contributed by atoms with Gasteiger partial charge in [0.25, 0.3) is 0 Å². The maximum absolute atomic E-state index is 11.8. The molecule has 1 aromatic heterocycles. The molecule has 21 heavy (non-hydrogen) atoms. The molecular weight excluding hydrogens is 266 g/mol. The Morgan fingerprint density at radius 1 is 1.24 bits per heavy atom. The minimum atomic E-state index is 0.288. The number of aromatic nitrogens is 2. The van der Waals surface area contributed by atoms with Gasteiger partial charge in [0, 0.05) is 43.2 Å². The second-order valence-electron chi connectivity index (χ2n) is 5.70. The number of hydrogen-bond acceptors (Lipinski definition) is 5. The van der Waals surface area contributed by atoms with Gasteiger partial charge in [-0.05, 0) is 24.6 Å². The molecular formula is C15H17N5O. The number of anilines is 2. The maximum atomic E-state index is 11.8. The van der Waals surface area contributed by atoms with E-state index in [4.69, 9.17) is 5.73 Å². The number of rotatable bonds is 1. The fourth-order valence-corrected chi connectivity index (χ4v) is 3.37. The average Bonchev–Trinajstić information content (AvgIpc) is 2.87. The lowest BCUT2D eigenvalue weighted by molar-refractivity contribution is -0.129. The van der Waals surface area contributed by atoms with Crippen molar-refractivity contribution in [1.29, 1.82) is 0 Å². The third kappa shape index (κ3) is 1.98. The van der Waals surface area contributed by atoms with E-state index in [-0.39, 0.29) is 5.91 Å². The van der Waals surface area contributed by atoms with Crippen LogP contribution < -0.4 is 10.6 Å². The third-order valence-electron chi connectivity index (χ3n) is 4.43. The van der Waals surface area contributed by atoms with Crippen LogP contribution in [0.4, 0.5) is 11.5 Å². The highest BCUT2D eigenvalue weighted by atomic mass is 16.2. The lowest BCUT2D eigenvalue weighted by Crippen LogP contribution is -2.51. The predicted octanol–water partition coefficient (Wildman–Crippen LogP) is 1.02. The van der Waals surface area contributed by atoms with E-state index in [0.29, 0.717) is 18.2 Å². The van der Waals surface area contributed by atoms with Gasteiger partial charge in [-0.2, -0.15) is 0 Å². The van der Waals surface area contributed by atoms with Crippen LogP contribution in [0.25, 0.3) is 10.9 Å². The van der Waals surface area contributed by atoms with E-state index in [1.54, 1.807) is 6.33 Å². The van der Waals surface area contributed by atoms with Gasteiger partial charge in [-0.25, -0.2) is 9.97 Å². The van der Waals surface area contributed by atoms with Crippen LogP contribution in [-0.4, -0.2) is 46.5 Å². The molecule has 0 radical (unpaired) electrons. The molecule has 2 fully saturated rings. The first-order chi connectivity index (χ1) is 10.2. The van der Waals surface area contributed by atoms with Crippen LogP contribution >= 0.6 is 0 Å². The summed E-state index contributed by atoms with van der Waals surface area (Å²) < 4.78 is 0. The topological polar surface area (TPSA) is 75.3 Å². The van der Waals surface area contributed by atoms with E-state index in [1.165, 1.54) is 0 Å². The molecule has 1 atom stereocenters. The Balaban J connectivity index is 1.71. The summed E-state index contributed by atoms with van der Waals surface area (Å²) in [4.78, 5) is 24.8. The second kappa shape index (κ2) is 4.58. The van der Waals surface area contributed by atoms with Gasteiger partial charge in [-0.15, -0.1) is 0 Å². The summed E-state index contributed by atoms with van der Waals surface area (Å²) in [5, 5.41) is 0.982. The van der Waals surface area contributed by atoms with E-state index < -0.39 is 0 Å². The quantitative estimate of drug-likeness (QED) is 0.791. The Morgan fingerprint density at radius 2 is 2.14 bits per heavy atom. The summed E-state index contributed by atoms with van der Waals surface area (Å²) in [6.45, 7) is 2.42. The minimum Gasteiger partial charge on any atom is -0.399 e. The molecule has 4 rings (SSSR count). The lowest BCUT2D eigenvalue weighted by Gasteiger charge is -2.38. The summed E-state index contributed by atoms with van der Waals surface area (Å²) >= 11 is 0. The van der Waals surface area contributed by atoms with Gasteiger partial charge >= 0.3 is 0 Å². The summed E-state index contributed by atoms with van der Waals surface area (Å²) in [5.41, 5.74) is 7.52. The summed E-state index contributed by atoms with van der Waals surface area (Å²) in [7, 11) is 0. The number of fused-ring (bicyclic) bond motifs is 2. The molecule has 0 saturated carbocycles. The molecule has 0 spiro atoms. The van der Waals surface area contributed by atoms with E-state index in [2.05, 4.69) is 14.9 Å². The Kier molecular flexibility index (Phi) is 2.70. The van der Waals surface area contributed by atoms with E-state index >= 15 is 0 Å². The van der Waals surface area contributed by atoms with Gasteiger partial charge in [0.1, 0.15) is 12.1 Å². The number of carbonyl (C=O) groups is 1. The highest BCUT2D eigenvalue weighted by molar-refractivity contribution is 5.91. The largest absolute Gasteiger partial charge is 0.399 e. The average molecular weight is 283 g/mol. The van der Waals surface area contributed by atoms with Crippen LogP contribution in [0.1, 0.15) is 12.8 Å². The maximum Gasteiger partial charge on any atom is 0.223 e. The van der Waals surface area contributed by atoms with Crippen molar-refractivity contribution in [2.24, 2.45) is 0 Å². The Bertz CT molecular complexity index is 716. The Labute approximate surface area is 122 Å². The third-order valence-corrected chi connectivity index (χ3v) is 4.43. The molecule has 2 aliphatic heterocycles. The van der Waals surface area contributed by atoms with Crippen molar-refractivity contribution in [2.45, 2.75) is 18.9 Å². The number of carbonyl (C=O) groups excluding carboxylic acids is 1. The molecule has 1 aromatic carbocycles. The standard InChI is InChI=1S/C15H17N5O/c16-10-1-3-13-12(7-10)15(18-9-17-13)19-5-6-20-11(8-19)2-4-14(20)21/h1,3,7,9,11H,2,4-6,8,16H2. The monoisotopic (exact) mass is 283 g/mol. The number of amides is 1. The molecule has 2 N–H and O–H groups in total. The highest BCUT2D eigenvalue weighted by Gasteiger charge is 2.36. The van der Waals surface area contributed by atoms with Crippen LogP contribution in [0, 0.1) is 0 Å². The number of hydrogen-bond donors (Lipinski definition) is 1. The zero-order valence-corrected chi connectivity index (χ0v) is 11.7. The zero-order chi connectivity index (χ0) is 14.4. The molecule has 0 aliphatic carbocycles. The number of nitrogens with two attached hydrogens (primary N) is 1. The van der Waals surface area contributed by atoms with E-state index in [0.717, 1.165) is 42.8 Å². The number of nitrogen functional groups attached to an aromatic ring is 1. The molecule has 2 saturated heterocycles. The van der Waals surface area contributed by atoms with Crippen LogP contribution in [0.3, 0.4) is 0 Å². The van der Waals surface area contributed by atoms with Crippen molar-refractivity contribution in [2.75, 3.05) is 30.3 Å². The van der Waals surface area contributed by atoms with Gasteiger partial charge in [0.05, 0.1) is 5.52 Å². The molecule has 1 unspecified atom stereocenters. The molecule has 6 nitrogen and oxygen atoms in total. The number of nitrogens with zero attached hydrogens (tertiary/aromatic N) is 4. The van der Waals surface area contributed by atoms with Crippen LogP contribution in [-0.2, 0) is 4.79 Å². The number of benzene rings is 1. The molecule has 1 amide bonds. The number of piperazine rings is 1. The normalized spacial score (nSPS) is 21.9. The van der Waals surface area contributed by atoms with E-state index in [1.807, 2.05) is 23.1 Å². The SMILES string of the molecule is Nc1ccc2ncnc(N3CCN4C(=O)CCC4C3)c2c1. The van der Waals surface area contributed by atoms with Crippen molar-refractivity contribution >= 4 is 28.3 Å². The highest BCUT2D eigenvalue weighted by Crippen LogP contribution is 2.29. The van der Waals surface area contributed by atoms with Crippen molar-refractivity contribution in [1.82, 2.24) is 14.9 Å². The van der Waals surface area contributed by atoms with Crippen molar-refractivity contribution in [3.8, 4) is 0 Å². The second-order valence-corrected chi connectivity index (χ2v) is 5.70. The first kappa shape index (κ1) is 12.4. The first-order valence-corrected chi connectivity index (χ1v) is 7.27. The van der Waals surface area contributed by atoms with Crippen molar-refractivity contribution in [3.05, 3.63) is 24.5 Å².